The van der Waals surface area contributed by atoms with Crippen LogP contribution in [0.2, 0.25) is 0 Å². The first kappa shape index (κ1) is 14.1. The molecule has 2 aliphatic carbocycles. The number of amides is 1. The molecule has 2 fully saturated rings. The Morgan fingerprint density at radius 2 is 2.20 bits per heavy atom. The van der Waals surface area contributed by atoms with Crippen molar-refractivity contribution in [3.63, 3.8) is 0 Å². The Bertz CT molecular complexity index is 509. The van der Waals surface area contributed by atoms with Gasteiger partial charge in [0, 0.05) is 17.1 Å². The van der Waals surface area contributed by atoms with Gasteiger partial charge in [-0.05, 0) is 55.7 Å². The van der Waals surface area contributed by atoms with Crippen LogP contribution in [0.25, 0.3) is 0 Å². The number of hydrogen-bond acceptors (Lipinski definition) is 2. The summed E-state index contributed by atoms with van der Waals surface area (Å²) in [5.74, 6) is 0.713. The zero-order chi connectivity index (χ0) is 14.2. The molecule has 0 heterocycles. The second-order valence-corrected chi connectivity index (χ2v) is 6.94. The number of aliphatic hydroxyl groups is 1. The van der Waals surface area contributed by atoms with Gasteiger partial charge in [0.25, 0.3) is 0 Å². The number of carbonyl (C=O) groups excluding carboxylic acids is 1. The zero-order valence-electron chi connectivity index (χ0n) is 11.4. The zero-order valence-corrected chi connectivity index (χ0v) is 13.0. The van der Waals surface area contributed by atoms with Crippen LogP contribution in [0.5, 0.6) is 0 Å². The number of nitrogens with one attached hydrogen (secondary N) is 1. The summed E-state index contributed by atoms with van der Waals surface area (Å²) in [5.41, 5.74) is 0.773. The number of benzene rings is 1. The largest absolute Gasteiger partial charge is 0.396 e. The maximum atomic E-state index is 12.6. The summed E-state index contributed by atoms with van der Waals surface area (Å²) in [6, 6.07) is 8.20. The van der Waals surface area contributed by atoms with Gasteiger partial charge in [-0.15, -0.1) is 0 Å². The van der Waals surface area contributed by atoms with Crippen LogP contribution in [0.1, 0.15) is 37.7 Å². The van der Waals surface area contributed by atoms with E-state index in [-0.39, 0.29) is 24.0 Å². The van der Waals surface area contributed by atoms with Crippen molar-refractivity contribution in [3.8, 4) is 0 Å². The molecule has 4 heteroatoms. The summed E-state index contributed by atoms with van der Waals surface area (Å²) in [6.45, 7) is 0.144. The molecule has 0 bridgehead atoms. The number of halogens is 1. The molecule has 2 N–H and O–H groups in total. The van der Waals surface area contributed by atoms with E-state index in [9.17, 15) is 4.79 Å². The fourth-order valence-corrected chi connectivity index (χ4v) is 3.33. The highest BCUT2D eigenvalue weighted by atomic mass is 79.9. The van der Waals surface area contributed by atoms with E-state index in [2.05, 4.69) is 21.2 Å². The average molecular weight is 338 g/mol. The minimum atomic E-state index is -0.327. The lowest BCUT2D eigenvalue weighted by Gasteiger charge is -2.22. The van der Waals surface area contributed by atoms with Gasteiger partial charge in [-0.1, -0.05) is 28.1 Å². The van der Waals surface area contributed by atoms with Crippen molar-refractivity contribution < 1.29 is 9.90 Å². The fourth-order valence-electron chi connectivity index (χ4n) is 2.93. The first-order valence-electron chi connectivity index (χ1n) is 7.33. The third kappa shape index (κ3) is 2.77. The molecule has 2 aliphatic rings. The lowest BCUT2D eigenvalue weighted by molar-refractivity contribution is -0.124. The Morgan fingerprint density at radius 1 is 1.45 bits per heavy atom. The van der Waals surface area contributed by atoms with E-state index in [1.165, 1.54) is 12.8 Å². The second kappa shape index (κ2) is 5.49. The third-order valence-electron chi connectivity index (χ3n) is 4.51. The lowest BCUT2D eigenvalue weighted by atomic mass is 9.94. The maximum absolute atomic E-state index is 12.6. The molecule has 1 aromatic carbocycles. The molecular weight excluding hydrogens is 318 g/mol. The van der Waals surface area contributed by atoms with Crippen LogP contribution in [0.15, 0.2) is 28.7 Å². The first-order chi connectivity index (χ1) is 9.65. The number of carbonyl (C=O) groups is 1. The highest BCUT2D eigenvalue weighted by molar-refractivity contribution is 9.10. The number of aliphatic hydroxyl groups excluding tert-OH is 1. The van der Waals surface area contributed by atoms with E-state index in [1.807, 2.05) is 24.3 Å². The van der Waals surface area contributed by atoms with Crippen molar-refractivity contribution in [1.82, 2.24) is 5.32 Å². The van der Waals surface area contributed by atoms with Crippen molar-refractivity contribution in [3.05, 3.63) is 34.3 Å². The van der Waals surface area contributed by atoms with Gasteiger partial charge in [0.2, 0.25) is 5.91 Å². The van der Waals surface area contributed by atoms with Crippen molar-refractivity contribution in [2.45, 2.75) is 43.6 Å². The van der Waals surface area contributed by atoms with Crippen LogP contribution in [-0.2, 0) is 10.2 Å². The SMILES string of the molecule is O=C(NC(CCO)C1CC1)C1(c2cccc(Br)c2)CC1. The van der Waals surface area contributed by atoms with Crippen LogP contribution >= 0.6 is 15.9 Å². The number of hydrogen-bond donors (Lipinski definition) is 2. The molecule has 0 saturated heterocycles. The minimum absolute atomic E-state index is 0.140. The molecule has 0 aromatic heterocycles. The van der Waals surface area contributed by atoms with Gasteiger partial charge >= 0.3 is 0 Å². The Labute approximate surface area is 127 Å². The average Bonchev–Trinajstić information content (AvgIpc) is 3.29. The molecule has 1 aromatic rings. The Balaban J connectivity index is 1.72. The highest BCUT2D eigenvalue weighted by Crippen LogP contribution is 2.49. The van der Waals surface area contributed by atoms with Gasteiger partial charge in [-0.25, -0.2) is 0 Å². The second-order valence-electron chi connectivity index (χ2n) is 6.02. The van der Waals surface area contributed by atoms with Crippen LogP contribution < -0.4 is 5.32 Å². The van der Waals surface area contributed by atoms with Crippen molar-refractivity contribution in [1.29, 1.82) is 0 Å². The Morgan fingerprint density at radius 3 is 2.75 bits per heavy atom. The topological polar surface area (TPSA) is 49.3 Å². The summed E-state index contributed by atoms with van der Waals surface area (Å²) < 4.78 is 1.02. The highest BCUT2D eigenvalue weighted by Gasteiger charge is 2.52. The summed E-state index contributed by atoms with van der Waals surface area (Å²) >= 11 is 3.48. The lowest BCUT2D eigenvalue weighted by Crippen LogP contribution is -2.43. The van der Waals surface area contributed by atoms with Gasteiger partial charge in [-0.3, -0.25) is 4.79 Å². The van der Waals surface area contributed by atoms with Crippen LogP contribution in [0.3, 0.4) is 0 Å². The fraction of sp³-hybridized carbons (Fsp3) is 0.562. The summed E-state index contributed by atoms with van der Waals surface area (Å²) in [7, 11) is 0. The molecule has 1 amide bonds. The van der Waals surface area contributed by atoms with E-state index in [0.717, 1.165) is 22.9 Å². The molecule has 3 rings (SSSR count). The van der Waals surface area contributed by atoms with Crippen LogP contribution in [-0.4, -0.2) is 23.7 Å². The van der Waals surface area contributed by atoms with Gasteiger partial charge in [0.1, 0.15) is 0 Å². The minimum Gasteiger partial charge on any atom is -0.396 e. The molecule has 3 nitrogen and oxygen atoms in total. The maximum Gasteiger partial charge on any atom is 0.230 e. The van der Waals surface area contributed by atoms with E-state index >= 15 is 0 Å². The molecule has 0 radical (unpaired) electrons. The van der Waals surface area contributed by atoms with Crippen molar-refractivity contribution in [2.75, 3.05) is 6.61 Å². The normalized spacial score (nSPS) is 21.3. The monoisotopic (exact) mass is 337 g/mol. The van der Waals surface area contributed by atoms with Gasteiger partial charge in [0.05, 0.1) is 5.41 Å². The predicted molar refractivity (Wildman–Crippen MR) is 81.4 cm³/mol. The molecule has 2 saturated carbocycles. The summed E-state index contributed by atoms with van der Waals surface area (Å²) in [4.78, 5) is 12.6. The van der Waals surface area contributed by atoms with Crippen molar-refractivity contribution in [2.24, 2.45) is 5.92 Å². The van der Waals surface area contributed by atoms with E-state index < -0.39 is 0 Å². The first-order valence-corrected chi connectivity index (χ1v) is 8.13. The quantitative estimate of drug-likeness (QED) is 0.838. The van der Waals surface area contributed by atoms with E-state index in [1.54, 1.807) is 0 Å². The van der Waals surface area contributed by atoms with Gasteiger partial charge < -0.3 is 10.4 Å². The summed E-state index contributed by atoms with van der Waals surface area (Å²) in [6.07, 6.45) is 4.87. The molecule has 108 valence electrons. The third-order valence-corrected chi connectivity index (χ3v) is 5.00. The molecule has 0 spiro atoms. The number of rotatable bonds is 6. The standard InChI is InChI=1S/C16H20BrNO2/c17-13-3-1-2-12(10-13)16(7-8-16)15(20)18-14(6-9-19)11-4-5-11/h1-3,10-11,14,19H,4-9H2,(H,18,20). The van der Waals surface area contributed by atoms with Gasteiger partial charge in [0.15, 0.2) is 0 Å². The Kier molecular flexibility index (Phi) is 3.87. The summed E-state index contributed by atoms with van der Waals surface area (Å²) in [5, 5.41) is 12.3. The molecule has 1 atom stereocenters. The molecular formula is C16H20BrNO2. The van der Waals surface area contributed by atoms with E-state index in [0.29, 0.717) is 12.3 Å². The molecule has 1 unspecified atom stereocenters. The van der Waals surface area contributed by atoms with Gasteiger partial charge in [-0.2, -0.15) is 0 Å². The van der Waals surface area contributed by atoms with Crippen LogP contribution in [0, 0.1) is 5.92 Å². The van der Waals surface area contributed by atoms with Crippen LogP contribution in [0.4, 0.5) is 0 Å². The van der Waals surface area contributed by atoms with E-state index in [4.69, 9.17) is 5.11 Å². The smallest absolute Gasteiger partial charge is 0.230 e. The van der Waals surface area contributed by atoms with Crippen molar-refractivity contribution >= 4 is 21.8 Å². The predicted octanol–water partition coefficient (Wildman–Crippen LogP) is 2.76. The Hall–Kier alpha value is -0.870. The molecule has 0 aliphatic heterocycles. The molecule has 20 heavy (non-hydrogen) atoms.